The van der Waals surface area contributed by atoms with Crippen molar-refractivity contribution in [2.24, 2.45) is 5.92 Å². The van der Waals surface area contributed by atoms with Gasteiger partial charge >= 0.3 is 0 Å². The molecular weight excluding hydrogens is 238 g/mol. The van der Waals surface area contributed by atoms with E-state index in [2.05, 4.69) is 26.0 Å². The van der Waals surface area contributed by atoms with Gasteiger partial charge in [-0.3, -0.25) is 4.79 Å². The summed E-state index contributed by atoms with van der Waals surface area (Å²) in [6.07, 6.45) is 2.13. The molecule has 3 rings (SSSR count). The first kappa shape index (κ1) is 12.7. The second kappa shape index (κ2) is 4.64. The van der Waals surface area contributed by atoms with Crippen molar-refractivity contribution in [3.05, 3.63) is 35.9 Å². The zero-order valence-electron chi connectivity index (χ0n) is 11.6. The Morgan fingerprint density at radius 3 is 2.58 bits per heavy atom. The summed E-state index contributed by atoms with van der Waals surface area (Å²) in [6, 6.07) is 10.2. The van der Waals surface area contributed by atoms with Crippen molar-refractivity contribution in [2.45, 2.75) is 38.3 Å². The van der Waals surface area contributed by atoms with E-state index in [0.717, 1.165) is 18.4 Å². The van der Waals surface area contributed by atoms with Crippen molar-refractivity contribution in [3.63, 3.8) is 0 Å². The molecule has 3 heteroatoms. The Kier molecular flexibility index (Phi) is 3.09. The van der Waals surface area contributed by atoms with Crippen LogP contribution < -0.4 is 0 Å². The molecule has 0 bridgehead atoms. The number of hydrogen-bond acceptors (Lipinski definition) is 2. The van der Waals surface area contributed by atoms with E-state index in [0.29, 0.717) is 19.1 Å². The highest BCUT2D eigenvalue weighted by molar-refractivity contribution is 5.82. The Morgan fingerprint density at radius 2 is 1.95 bits per heavy atom. The summed E-state index contributed by atoms with van der Waals surface area (Å²) in [6.45, 7) is 5.46. The monoisotopic (exact) mass is 259 g/mol. The lowest BCUT2D eigenvalue weighted by Crippen LogP contribution is -2.56. The van der Waals surface area contributed by atoms with Gasteiger partial charge in [-0.1, -0.05) is 30.3 Å². The van der Waals surface area contributed by atoms with Crippen molar-refractivity contribution in [3.8, 4) is 0 Å². The molecule has 0 spiro atoms. The van der Waals surface area contributed by atoms with Crippen LogP contribution in [-0.4, -0.2) is 29.5 Å². The summed E-state index contributed by atoms with van der Waals surface area (Å²) in [5.41, 5.74) is 0.969. The molecule has 3 nitrogen and oxygen atoms in total. The van der Waals surface area contributed by atoms with Crippen LogP contribution in [0.15, 0.2) is 30.3 Å². The van der Waals surface area contributed by atoms with Crippen molar-refractivity contribution in [1.82, 2.24) is 4.90 Å². The van der Waals surface area contributed by atoms with E-state index in [4.69, 9.17) is 4.74 Å². The maximum absolute atomic E-state index is 12.4. The van der Waals surface area contributed by atoms with E-state index in [1.165, 1.54) is 0 Å². The highest BCUT2D eigenvalue weighted by atomic mass is 16.5. The van der Waals surface area contributed by atoms with E-state index in [9.17, 15) is 4.79 Å². The molecular formula is C16H21NO2. The van der Waals surface area contributed by atoms with Gasteiger partial charge in [-0.15, -0.1) is 0 Å². The van der Waals surface area contributed by atoms with E-state index in [-0.39, 0.29) is 17.6 Å². The lowest BCUT2D eigenvalue weighted by atomic mass is 9.97. The first-order valence-electron chi connectivity index (χ1n) is 7.06. The summed E-state index contributed by atoms with van der Waals surface area (Å²) in [5.74, 6) is 0.586. The minimum absolute atomic E-state index is 0.0110. The Labute approximate surface area is 114 Å². The maximum Gasteiger partial charge on any atom is 0.226 e. The van der Waals surface area contributed by atoms with Gasteiger partial charge in [-0.25, -0.2) is 0 Å². The van der Waals surface area contributed by atoms with E-state index in [1.807, 2.05) is 23.1 Å². The quantitative estimate of drug-likeness (QED) is 0.817. The molecule has 102 valence electrons. The molecule has 0 N–H and O–H groups in total. The second-order valence-electron chi connectivity index (χ2n) is 6.25. The number of hydrogen-bond donors (Lipinski definition) is 0. The zero-order valence-corrected chi connectivity index (χ0v) is 11.6. The summed E-state index contributed by atoms with van der Waals surface area (Å²) in [7, 11) is 0. The average molecular weight is 259 g/mol. The number of amides is 1. The van der Waals surface area contributed by atoms with Gasteiger partial charge in [0, 0.05) is 5.92 Å². The van der Waals surface area contributed by atoms with E-state index < -0.39 is 0 Å². The van der Waals surface area contributed by atoms with Gasteiger partial charge in [0.2, 0.25) is 5.91 Å². The molecule has 1 unspecified atom stereocenters. The van der Waals surface area contributed by atoms with E-state index in [1.54, 1.807) is 0 Å². The predicted octanol–water partition coefficient (Wildman–Crippen LogP) is 2.78. The third-order valence-corrected chi connectivity index (χ3v) is 4.08. The third kappa shape index (κ3) is 2.52. The van der Waals surface area contributed by atoms with E-state index >= 15 is 0 Å². The molecule has 1 aromatic carbocycles. The van der Waals surface area contributed by atoms with Crippen LogP contribution in [0.3, 0.4) is 0 Å². The fraction of sp³-hybridized carbons (Fsp3) is 0.562. The van der Waals surface area contributed by atoms with Gasteiger partial charge in [0.15, 0.2) is 0 Å². The van der Waals surface area contributed by atoms with Crippen LogP contribution in [-0.2, 0) is 9.53 Å². The lowest BCUT2D eigenvalue weighted by Gasteiger charge is -2.45. The summed E-state index contributed by atoms with van der Waals surface area (Å²) >= 11 is 0. The fourth-order valence-corrected chi connectivity index (χ4v) is 2.66. The number of morpholine rings is 1. The van der Waals surface area contributed by atoms with Gasteiger partial charge in [-0.2, -0.15) is 0 Å². The van der Waals surface area contributed by atoms with Crippen LogP contribution >= 0.6 is 0 Å². The molecule has 1 aliphatic carbocycles. The molecule has 1 saturated carbocycles. The fourth-order valence-electron chi connectivity index (χ4n) is 2.66. The summed E-state index contributed by atoms with van der Waals surface area (Å²) in [4.78, 5) is 14.5. The molecule has 1 saturated heterocycles. The predicted molar refractivity (Wildman–Crippen MR) is 73.7 cm³/mol. The van der Waals surface area contributed by atoms with Crippen LogP contribution in [0.4, 0.5) is 0 Å². The number of rotatable bonds is 2. The third-order valence-electron chi connectivity index (χ3n) is 4.08. The minimum atomic E-state index is -0.190. The second-order valence-corrected chi connectivity index (χ2v) is 6.25. The average Bonchev–Trinajstić information content (AvgIpc) is 3.23. The zero-order chi connectivity index (χ0) is 13.5. The van der Waals surface area contributed by atoms with Crippen LogP contribution in [0.1, 0.15) is 38.4 Å². The Balaban J connectivity index is 1.79. The number of ether oxygens (including phenoxy) is 1. The van der Waals surface area contributed by atoms with Crippen molar-refractivity contribution in [1.29, 1.82) is 0 Å². The lowest BCUT2D eigenvalue weighted by molar-refractivity contribution is -0.156. The molecule has 1 aromatic rings. The van der Waals surface area contributed by atoms with Gasteiger partial charge in [0.05, 0.1) is 18.7 Å². The molecule has 0 aromatic heterocycles. The topological polar surface area (TPSA) is 29.5 Å². The van der Waals surface area contributed by atoms with Crippen molar-refractivity contribution < 1.29 is 9.53 Å². The molecule has 1 heterocycles. The highest BCUT2D eigenvalue weighted by Gasteiger charge is 2.43. The maximum atomic E-state index is 12.4. The van der Waals surface area contributed by atoms with Crippen LogP contribution in [0.2, 0.25) is 0 Å². The highest BCUT2D eigenvalue weighted by Crippen LogP contribution is 2.37. The normalized spacial score (nSPS) is 26.2. The molecule has 1 atom stereocenters. The molecule has 19 heavy (non-hydrogen) atoms. The number of benzene rings is 1. The summed E-state index contributed by atoms with van der Waals surface area (Å²) < 4.78 is 5.97. The van der Waals surface area contributed by atoms with Crippen LogP contribution in [0, 0.1) is 5.92 Å². The number of carbonyl (C=O) groups excluding carboxylic acids is 1. The first-order chi connectivity index (χ1) is 9.08. The van der Waals surface area contributed by atoms with Crippen molar-refractivity contribution in [2.75, 3.05) is 13.2 Å². The van der Waals surface area contributed by atoms with Gasteiger partial charge in [0.25, 0.3) is 0 Å². The molecule has 1 amide bonds. The number of nitrogens with zero attached hydrogens (tertiary/aromatic N) is 1. The largest absolute Gasteiger partial charge is 0.369 e. The summed E-state index contributed by atoms with van der Waals surface area (Å²) in [5, 5.41) is 0. The SMILES string of the molecule is CC1(C)COC(c2ccccc2)CN1C(=O)C1CC1. The standard InChI is InChI=1S/C16H21NO2/c1-16(2)11-19-14(12-6-4-3-5-7-12)10-17(16)15(18)13-8-9-13/h3-7,13-14H,8-11H2,1-2H3. The minimum Gasteiger partial charge on any atom is -0.369 e. The van der Waals surface area contributed by atoms with Gasteiger partial charge in [-0.05, 0) is 32.3 Å². The number of carbonyl (C=O) groups is 1. The Morgan fingerprint density at radius 1 is 1.26 bits per heavy atom. The van der Waals surface area contributed by atoms with Gasteiger partial charge in [0.1, 0.15) is 6.10 Å². The van der Waals surface area contributed by atoms with Crippen molar-refractivity contribution >= 4 is 5.91 Å². The van der Waals surface area contributed by atoms with Crippen LogP contribution in [0.25, 0.3) is 0 Å². The molecule has 1 aliphatic heterocycles. The Bertz CT molecular complexity index is 465. The molecule has 2 aliphatic rings. The smallest absolute Gasteiger partial charge is 0.226 e. The molecule has 2 fully saturated rings. The Hall–Kier alpha value is -1.35. The van der Waals surface area contributed by atoms with Gasteiger partial charge < -0.3 is 9.64 Å². The molecule has 0 radical (unpaired) electrons. The first-order valence-corrected chi connectivity index (χ1v) is 7.06. The van der Waals surface area contributed by atoms with Crippen LogP contribution in [0.5, 0.6) is 0 Å².